The maximum absolute atomic E-state index is 11.8. The Bertz CT molecular complexity index is 831. The monoisotopic (exact) mass is 356 g/mol. The number of fused-ring (bicyclic) bond motifs is 1. The second-order valence-electron chi connectivity index (χ2n) is 7.90. The number of hydrogen-bond donors (Lipinski definition) is 1. The lowest BCUT2D eigenvalue weighted by atomic mass is 9.86. The highest BCUT2D eigenvalue weighted by molar-refractivity contribution is 5.76. The Morgan fingerprint density at radius 1 is 1.27 bits per heavy atom. The van der Waals surface area contributed by atoms with Gasteiger partial charge in [0.1, 0.15) is 0 Å². The molecule has 1 spiro atoms. The first-order valence-corrected chi connectivity index (χ1v) is 9.48. The van der Waals surface area contributed by atoms with E-state index in [4.69, 9.17) is 4.98 Å². The van der Waals surface area contributed by atoms with Crippen molar-refractivity contribution in [1.29, 1.82) is 0 Å². The predicted molar refractivity (Wildman–Crippen MR) is 100.0 cm³/mol. The molecule has 2 saturated heterocycles. The van der Waals surface area contributed by atoms with Gasteiger partial charge in [-0.2, -0.15) is 5.10 Å². The van der Waals surface area contributed by atoms with Gasteiger partial charge in [-0.1, -0.05) is 0 Å². The van der Waals surface area contributed by atoms with Crippen LogP contribution in [0.25, 0.3) is 5.65 Å². The highest BCUT2D eigenvalue weighted by Crippen LogP contribution is 2.31. The van der Waals surface area contributed by atoms with E-state index in [1.807, 2.05) is 17.6 Å². The summed E-state index contributed by atoms with van der Waals surface area (Å²) in [6.45, 7) is 8.77. The molecule has 2 aromatic rings. The molecule has 4 rings (SSSR count). The van der Waals surface area contributed by atoms with Crippen molar-refractivity contribution in [2.24, 2.45) is 0 Å². The highest BCUT2D eigenvalue weighted by Gasteiger charge is 2.40. The summed E-state index contributed by atoms with van der Waals surface area (Å²) < 4.78 is 1.93. The van der Waals surface area contributed by atoms with Crippen molar-refractivity contribution in [2.75, 3.05) is 33.2 Å². The van der Waals surface area contributed by atoms with Crippen LogP contribution in [0, 0.1) is 13.8 Å². The minimum absolute atomic E-state index is 0.0830. The van der Waals surface area contributed by atoms with Crippen LogP contribution in [0.15, 0.2) is 12.3 Å². The lowest BCUT2D eigenvalue weighted by Gasteiger charge is -2.49. The van der Waals surface area contributed by atoms with Crippen molar-refractivity contribution < 1.29 is 4.79 Å². The Balaban J connectivity index is 1.56. The molecule has 1 atom stereocenters. The van der Waals surface area contributed by atoms with Crippen molar-refractivity contribution in [1.82, 2.24) is 29.7 Å². The van der Waals surface area contributed by atoms with Gasteiger partial charge >= 0.3 is 0 Å². The van der Waals surface area contributed by atoms with Crippen LogP contribution < -0.4 is 5.32 Å². The third-order valence-corrected chi connectivity index (χ3v) is 6.05. The average molecular weight is 356 g/mol. The third kappa shape index (κ3) is 3.10. The van der Waals surface area contributed by atoms with Crippen LogP contribution in [-0.4, -0.2) is 69.1 Å². The summed E-state index contributed by atoms with van der Waals surface area (Å²) in [5.41, 5.74) is 4.37. The Kier molecular flexibility index (Phi) is 4.44. The Labute approximate surface area is 154 Å². The smallest absolute Gasteiger partial charge is 0.220 e. The molecule has 0 aromatic carbocycles. The van der Waals surface area contributed by atoms with Gasteiger partial charge in [0.05, 0.1) is 6.20 Å². The van der Waals surface area contributed by atoms with E-state index in [1.54, 1.807) is 0 Å². The van der Waals surface area contributed by atoms with Crippen LogP contribution in [0.3, 0.4) is 0 Å². The Hall–Kier alpha value is -1.99. The summed E-state index contributed by atoms with van der Waals surface area (Å²) in [6.07, 6.45) is 4.51. The second kappa shape index (κ2) is 6.63. The predicted octanol–water partition coefficient (Wildman–Crippen LogP) is 1.13. The molecule has 1 amide bonds. The first-order valence-electron chi connectivity index (χ1n) is 9.48. The summed E-state index contributed by atoms with van der Waals surface area (Å²) in [5.74, 6) is 0.185. The van der Waals surface area contributed by atoms with Gasteiger partial charge in [0, 0.05) is 61.6 Å². The number of aryl methyl sites for hydroxylation is 2. The van der Waals surface area contributed by atoms with E-state index in [9.17, 15) is 4.79 Å². The van der Waals surface area contributed by atoms with Crippen LogP contribution in [0.2, 0.25) is 0 Å². The lowest BCUT2D eigenvalue weighted by molar-refractivity contribution is -0.121. The van der Waals surface area contributed by atoms with Gasteiger partial charge < -0.3 is 5.32 Å². The maximum atomic E-state index is 11.8. The quantitative estimate of drug-likeness (QED) is 0.874. The van der Waals surface area contributed by atoms with Gasteiger partial charge in [-0.3, -0.25) is 14.6 Å². The van der Waals surface area contributed by atoms with Gasteiger partial charge in [-0.15, -0.1) is 0 Å². The number of amides is 1. The minimum Gasteiger partial charge on any atom is -0.356 e. The number of nitrogens with one attached hydrogen (secondary N) is 1. The summed E-state index contributed by atoms with van der Waals surface area (Å²) in [5, 5.41) is 7.56. The fraction of sp³-hybridized carbons (Fsp3) is 0.632. The van der Waals surface area contributed by atoms with Crippen molar-refractivity contribution >= 4 is 11.6 Å². The van der Waals surface area contributed by atoms with Crippen LogP contribution in [0.5, 0.6) is 0 Å². The standard InChI is InChI=1S/C19H28N6O/c1-14-10-15(2)25-18(22-14)16(11-21-25)12-24-9-8-23(3)19(13-24)5-4-17(26)20-7-6-19/h10-11H,4-9,12-13H2,1-3H3,(H,20,26)/t19-/m1/s1. The molecule has 0 aliphatic carbocycles. The molecule has 2 fully saturated rings. The van der Waals surface area contributed by atoms with Crippen LogP contribution >= 0.6 is 0 Å². The van der Waals surface area contributed by atoms with Gasteiger partial charge in [-0.05, 0) is 39.8 Å². The lowest BCUT2D eigenvalue weighted by Crippen LogP contribution is -2.60. The highest BCUT2D eigenvalue weighted by atomic mass is 16.1. The van der Waals surface area contributed by atoms with Crippen molar-refractivity contribution in [3.63, 3.8) is 0 Å². The first-order chi connectivity index (χ1) is 12.5. The number of nitrogens with zero attached hydrogens (tertiary/aromatic N) is 5. The van der Waals surface area contributed by atoms with Gasteiger partial charge in [0.25, 0.3) is 0 Å². The maximum Gasteiger partial charge on any atom is 0.220 e. The molecule has 0 bridgehead atoms. The van der Waals surface area contributed by atoms with Crippen LogP contribution in [0.1, 0.15) is 36.2 Å². The number of rotatable bonds is 2. The summed E-state index contributed by atoms with van der Waals surface area (Å²) in [7, 11) is 2.21. The SMILES string of the molecule is Cc1cc(C)n2ncc(CN3CCN(C)[C@]4(CCNC(=O)CC4)C3)c2n1. The Morgan fingerprint density at radius 2 is 2.12 bits per heavy atom. The largest absolute Gasteiger partial charge is 0.356 e. The summed E-state index contributed by atoms with van der Waals surface area (Å²) in [6, 6.07) is 2.06. The summed E-state index contributed by atoms with van der Waals surface area (Å²) in [4.78, 5) is 21.5. The van der Waals surface area contributed by atoms with Crippen LogP contribution in [-0.2, 0) is 11.3 Å². The molecular formula is C19H28N6O. The molecule has 0 unspecified atom stereocenters. The zero-order valence-corrected chi connectivity index (χ0v) is 16.0. The first kappa shape index (κ1) is 17.4. The minimum atomic E-state index is 0.0830. The van der Waals surface area contributed by atoms with E-state index in [0.29, 0.717) is 6.42 Å². The molecule has 26 heavy (non-hydrogen) atoms. The molecule has 0 radical (unpaired) electrons. The molecule has 7 heteroatoms. The summed E-state index contributed by atoms with van der Waals surface area (Å²) >= 11 is 0. The normalized spacial score (nSPS) is 25.6. The zero-order valence-electron chi connectivity index (χ0n) is 16.0. The van der Waals surface area contributed by atoms with Gasteiger partial charge in [0.15, 0.2) is 5.65 Å². The number of likely N-dealkylation sites (N-methyl/N-ethyl adjacent to an activating group) is 1. The number of piperazine rings is 1. The molecule has 2 aliphatic heterocycles. The topological polar surface area (TPSA) is 65.8 Å². The fourth-order valence-corrected chi connectivity index (χ4v) is 4.48. The number of aromatic nitrogens is 3. The number of carbonyl (C=O) groups is 1. The molecule has 0 saturated carbocycles. The van der Waals surface area contributed by atoms with E-state index < -0.39 is 0 Å². The van der Waals surface area contributed by atoms with E-state index in [1.165, 1.54) is 5.56 Å². The van der Waals surface area contributed by atoms with Gasteiger partial charge in [-0.25, -0.2) is 9.50 Å². The van der Waals surface area contributed by atoms with Crippen LogP contribution in [0.4, 0.5) is 0 Å². The van der Waals surface area contributed by atoms with Gasteiger partial charge in [0.2, 0.25) is 5.91 Å². The van der Waals surface area contributed by atoms with E-state index >= 15 is 0 Å². The molecular weight excluding hydrogens is 328 g/mol. The van der Waals surface area contributed by atoms with Crippen molar-refractivity contribution in [3.8, 4) is 0 Å². The molecule has 7 nitrogen and oxygen atoms in total. The third-order valence-electron chi connectivity index (χ3n) is 6.05. The van der Waals surface area contributed by atoms with E-state index in [0.717, 1.165) is 62.6 Å². The van der Waals surface area contributed by atoms with Crippen molar-refractivity contribution in [2.45, 2.75) is 45.2 Å². The second-order valence-corrected chi connectivity index (χ2v) is 7.90. The average Bonchev–Trinajstić information content (AvgIpc) is 2.89. The van der Waals surface area contributed by atoms with E-state index in [2.05, 4.69) is 40.3 Å². The number of hydrogen-bond acceptors (Lipinski definition) is 5. The number of carbonyl (C=O) groups excluding carboxylic acids is 1. The molecule has 2 aromatic heterocycles. The molecule has 4 heterocycles. The molecule has 2 aliphatic rings. The molecule has 140 valence electrons. The zero-order chi connectivity index (χ0) is 18.3. The Morgan fingerprint density at radius 3 is 2.96 bits per heavy atom. The van der Waals surface area contributed by atoms with E-state index in [-0.39, 0.29) is 11.4 Å². The molecule has 1 N–H and O–H groups in total. The fourth-order valence-electron chi connectivity index (χ4n) is 4.48. The van der Waals surface area contributed by atoms with Crippen molar-refractivity contribution in [3.05, 3.63) is 29.2 Å².